The number of nitrogens with one attached hydrogen (secondary N) is 1. The van der Waals surface area contributed by atoms with Gasteiger partial charge in [0.1, 0.15) is 0 Å². The van der Waals surface area contributed by atoms with Gasteiger partial charge >= 0.3 is 0 Å². The zero-order chi connectivity index (χ0) is 14.0. The Balaban J connectivity index is 2.28. The van der Waals surface area contributed by atoms with Crippen LogP contribution in [0.25, 0.3) is 0 Å². The molecule has 3 nitrogen and oxygen atoms in total. The van der Waals surface area contributed by atoms with Crippen molar-refractivity contribution in [1.82, 2.24) is 0 Å². The summed E-state index contributed by atoms with van der Waals surface area (Å²) in [5.74, 6) is -0.379. The van der Waals surface area contributed by atoms with E-state index in [1.54, 1.807) is 36.4 Å². The molecule has 19 heavy (non-hydrogen) atoms. The van der Waals surface area contributed by atoms with Gasteiger partial charge in [0.15, 0.2) is 0 Å². The van der Waals surface area contributed by atoms with E-state index in [-0.39, 0.29) is 16.5 Å². The molecule has 0 aliphatic carbocycles. The molecule has 6 heteroatoms. The van der Waals surface area contributed by atoms with E-state index < -0.39 is 0 Å². The molecule has 0 atom stereocenters. The van der Waals surface area contributed by atoms with E-state index in [9.17, 15) is 4.79 Å². The molecule has 1 amide bonds. The molecule has 3 N–H and O–H groups in total. The van der Waals surface area contributed by atoms with E-state index in [2.05, 4.69) is 5.32 Å². The highest BCUT2D eigenvalue weighted by Gasteiger charge is 2.12. The molecule has 2 rings (SSSR count). The predicted molar refractivity (Wildman–Crippen MR) is 80.3 cm³/mol. The van der Waals surface area contributed by atoms with E-state index in [0.717, 1.165) is 0 Å². The van der Waals surface area contributed by atoms with Crippen molar-refractivity contribution >= 4 is 52.1 Å². The second kappa shape index (κ2) is 5.70. The van der Waals surface area contributed by atoms with Gasteiger partial charge in [0, 0.05) is 15.7 Å². The van der Waals surface area contributed by atoms with Gasteiger partial charge < -0.3 is 11.1 Å². The lowest BCUT2D eigenvalue weighted by Gasteiger charge is -2.08. The number of hydrogen-bond donors (Lipinski definition) is 2. The van der Waals surface area contributed by atoms with Crippen LogP contribution in [0, 0.1) is 0 Å². The Morgan fingerprint density at radius 2 is 1.68 bits per heavy atom. The van der Waals surface area contributed by atoms with Crippen LogP contribution >= 0.6 is 34.8 Å². The quantitative estimate of drug-likeness (QED) is 0.803. The summed E-state index contributed by atoms with van der Waals surface area (Å²) in [5.41, 5.74) is 6.77. The zero-order valence-electron chi connectivity index (χ0n) is 9.58. The summed E-state index contributed by atoms with van der Waals surface area (Å²) in [7, 11) is 0. The van der Waals surface area contributed by atoms with Crippen molar-refractivity contribution in [2.45, 2.75) is 0 Å². The van der Waals surface area contributed by atoms with Gasteiger partial charge in [-0.15, -0.1) is 0 Å². The summed E-state index contributed by atoms with van der Waals surface area (Å²) >= 11 is 17.7. The zero-order valence-corrected chi connectivity index (χ0v) is 11.9. The maximum Gasteiger partial charge on any atom is 0.257 e. The fourth-order valence-corrected chi connectivity index (χ4v) is 2.29. The van der Waals surface area contributed by atoms with Gasteiger partial charge in [-0.3, -0.25) is 4.79 Å². The Morgan fingerprint density at radius 3 is 2.32 bits per heavy atom. The highest BCUT2D eigenvalue weighted by Crippen LogP contribution is 2.26. The molecule has 0 radical (unpaired) electrons. The van der Waals surface area contributed by atoms with Gasteiger partial charge in [-0.1, -0.05) is 40.9 Å². The maximum atomic E-state index is 12.1. The highest BCUT2D eigenvalue weighted by molar-refractivity contribution is 6.37. The minimum atomic E-state index is -0.379. The SMILES string of the molecule is Nc1cccc(C(=O)Nc2cc(Cl)cc(Cl)c2)c1Cl. The largest absolute Gasteiger partial charge is 0.398 e. The van der Waals surface area contributed by atoms with Crippen molar-refractivity contribution in [2.24, 2.45) is 0 Å². The van der Waals surface area contributed by atoms with Crippen molar-refractivity contribution in [3.8, 4) is 0 Å². The Labute approximate surface area is 125 Å². The van der Waals surface area contributed by atoms with Crippen LogP contribution in [0.1, 0.15) is 10.4 Å². The number of halogens is 3. The van der Waals surface area contributed by atoms with Gasteiger partial charge in [-0.25, -0.2) is 0 Å². The van der Waals surface area contributed by atoms with Gasteiger partial charge in [-0.2, -0.15) is 0 Å². The fraction of sp³-hybridized carbons (Fsp3) is 0. The lowest BCUT2D eigenvalue weighted by atomic mass is 10.2. The van der Waals surface area contributed by atoms with E-state index in [0.29, 0.717) is 21.4 Å². The van der Waals surface area contributed by atoms with Gasteiger partial charge in [0.05, 0.1) is 16.3 Å². The Hall–Kier alpha value is -1.42. The molecule has 98 valence electrons. The Morgan fingerprint density at radius 1 is 1.05 bits per heavy atom. The normalized spacial score (nSPS) is 10.3. The third-order valence-electron chi connectivity index (χ3n) is 2.39. The number of amides is 1. The first kappa shape index (κ1) is 14.0. The number of anilines is 2. The number of rotatable bonds is 2. The molecule has 2 aromatic rings. The van der Waals surface area contributed by atoms with Crippen molar-refractivity contribution in [3.63, 3.8) is 0 Å². The third kappa shape index (κ3) is 3.32. The molecule has 0 saturated carbocycles. The lowest BCUT2D eigenvalue weighted by molar-refractivity contribution is 0.102. The monoisotopic (exact) mass is 314 g/mol. The standard InChI is InChI=1S/C13H9Cl3N2O/c14-7-4-8(15)6-9(5-7)18-13(19)10-2-1-3-11(17)12(10)16/h1-6H,17H2,(H,18,19). The molecule has 0 saturated heterocycles. The first-order valence-electron chi connectivity index (χ1n) is 5.29. The molecule has 0 unspecified atom stereocenters. The van der Waals surface area contributed by atoms with Crippen LogP contribution in [0.15, 0.2) is 36.4 Å². The first-order valence-corrected chi connectivity index (χ1v) is 6.42. The number of nitrogens with two attached hydrogens (primary N) is 1. The van der Waals surface area contributed by atoms with Crippen molar-refractivity contribution < 1.29 is 4.79 Å². The molecule has 0 heterocycles. The third-order valence-corrected chi connectivity index (χ3v) is 3.25. The minimum Gasteiger partial charge on any atom is -0.398 e. The van der Waals surface area contributed by atoms with Crippen molar-refractivity contribution in [3.05, 3.63) is 57.0 Å². The molecular weight excluding hydrogens is 307 g/mol. The topological polar surface area (TPSA) is 55.1 Å². The molecule has 0 spiro atoms. The van der Waals surface area contributed by atoms with Crippen LogP contribution in [0.4, 0.5) is 11.4 Å². The summed E-state index contributed by atoms with van der Waals surface area (Å²) in [6.45, 7) is 0. The van der Waals surface area contributed by atoms with E-state index in [1.807, 2.05) is 0 Å². The number of nitrogen functional groups attached to an aromatic ring is 1. The van der Waals surface area contributed by atoms with Crippen molar-refractivity contribution in [2.75, 3.05) is 11.1 Å². The van der Waals surface area contributed by atoms with Gasteiger partial charge in [0.2, 0.25) is 0 Å². The van der Waals surface area contributed by atoms with Gasteiger partial charge in [-0.05, 0) is 30.3 Å². The smallest absolute Gasteiger partial charge is 0.257 e. The second-order valence-electron chi connectivity index (χ2n) is 3.82. The molecule has 0 aliphatic heterocycles. The fourth-order valence-electron chi connectivity index (χ4n) is 1.55. The van der Waals surface area contributed by atoms with E-state index in [4.69, 9.17) is 40.5 Å². The molecule has 2 aromatic carbocycles. The minimum absolute atomic E-state index is 0.216. The van der Waals surface area contributed by atoms with E-state index >= 15 is 0 Å². The average molecular weight is 316 g/mol. The van der Waals surface area contributed by atoms with Crippen LogP contribution in [0.5, 0.6) is 0 Å². The number of carbonyl (C=O) groups is 1. The maximum absolute atomic E-state index is 12.1. The second-order valence-corrected chi connectivity index (χ2v) is 5.07. The molecule has 0 aliphatic rings. The summed E-state index contributed by atoms with van der Waals surface area (Å²) in [6.07, 6.45) is 0. The first-order chi connectivity index (χ1) is 8.97. The lowest BCUT2D eigenvalue weighted by Crippen LogP contribution is -2.13. The molecule has 0 aromatic heterocycles. The summed E-state index contributed by atoms with van der Waals surface area (Å²) in [6, 6.07) is 9.61. The van der Waals surface area contributed by atoms with Crippen LogP contribution < -0.4 is 11.1 Å². The Kier molecular flexibility index (Phi) is 4.20. The number of hydrogen-bond acceptors (Lipinski definition) is 2. The summed E-state index contributed by atoms with van der Waals surface area (Å²) in [5, 5.41) is 3.74. The summed E-state index contributed by atoms with van der Waals surface area (Å²) in [4.78, 5) is 12.1. The van der Waals surface area contributed by atoms with E-state index in [1.165, 1.54) is 0 Å². The predicted octanol–water partition coefficient (Wildman–Crippen LogP) is 4.48. The Bertz CT molecular complexity index is 624. The molecule has 0 fully saturated rings. The van der Waals surface area contributed by atoms with Gasteiger partial charge in [0.25, 0.3) is 5.91 Å². The molecular formula is C13H9Cl3N2O. The number of carbonyl (C=O) groups excluding carboxylic acids is 1. The van der Waals surface area contributed by atoms with Crippen molar-refractivity contribution in [1.29, 1.82) is 0 Å². The highest BCUT2D eigenvalue weighted by atomic mass is 35.5. The number of benzene rings is 2. The summed E-state index contributed by atoms with van der Waals surface area (Å²) < 4.78 is 0. The van der Waals surface area contributed by atoms with Crippen LogP contribution in [-0.2, 0) is 0 Å². The van der Waals surface area contributed by atoms with Crippen LogP contribution in [0.2, 0.25) is 15.1 Å². The van der Waals surface area contributed by atoms with Crippen LogP contribution in [0.3, 0.4) is 0 Å². The molecule has 0 bridgehead atoms. The average Bonchev–Trinajstić information content (AvgIpc) is 2.31. The van der Waals surface area contributed by atoms with Crippen LogP contribution in [-0.4, -0.2) is 5.91 Å².